The van der Waals surface area contributed by atoms with Gasteiger partial charge in [0.25, 0.3) is 6.47 Å². The number of benzene rings is 3. The van der Waals surface area contributed by atoms with Crippen molar-refractivity contribution in [2.45, 2.75) is 0 Å². The van der Waals surface area contributed by atoms with Crippen LogP contribution in [0.2, 0.25) is 0 Å². The van der Waals surface area contributed by atoms with Crippen LogP contribution in [0.5, 0.6) is 23.1 Å². The van der Waals surface area contributed by atoms with Crippen molar-refractivity contribution in [1.82, 2.24) is 9.97 Å². The maximum absolute atomic E-state index is 9.20. The van der Waals surface area contributed by atoms with E-state index in [0.717, 1.165) is 10.8 Å². The van der Waals surface area contributed by atoms with E-state index in [9.17, 15) is 5.26 Å². The van der Waals surface area contributed by atoms with E-state index in [1.807, 2.05) is 0 Å². The maximum atomic E-state index is 9.20. The first kappa shape index (κ1) is 25.1. The molecule has 0 spiro atoms. The van der Waals surface area contributed by atoms with Gasteiger partial charge < -0.3 is 30.4 Å². The van der Waals surface area contributed by atoms with Crippen molar-refractivity contribution in [3.05, 3.63) is 65.7 Å². The molecule has 0 radical (unpaired) electrons. The average Bonchev–Trinajstić information content (AvgIpc) is 2.88. The minimum absolute atomic E-state index is 0.170. The molecule has 1 heterocycles. The fourth-order valence-corrected chi connectivity index (χ4v) is 3.26. The van der Waals surface area contributed by atoms with Gasteiger partial charge in [-0.25, -0.2) is 0 Å². The monoisotopic (exact) mass is 484 g/mol. The number of ether oxygens (including phenoxy) is 3. The lowest BCUT2D eigenvalue weighted by Gasteiger charge is -2.16. The topological polar surface area (TPSA) is 176 Å². The van der Waals surface area contributed by atoms with E-state index in [2.05, 4.69) is 27.4 Å². The molecule has 0 aliphatic rings. The summed E-state index contributed by atoms with van der Waals surface area (Å²) in [6.07, 6.45) is 0. The zero-order valence-corrected chi connectivity index (χ0v) is 19.2. The highest BCUT2D eigenvalue weighted by Gasteiger charge is 2.19. The number of hydrogen-bond acceptors (Lipinski definition) is 10. The highest BCUT2D eigenvalue weighted by molar-refractivity contribution is 5.94. The molecule has 4 aromatic rings. The molecule has 11 heteroatoms. The summed E-state index contributed by atoms with van der Waals surface area (Å²) in [7, 11) is 3.03. The molecule has 0 bridgehead atoms. The molecule has 11 nitrogen and oxygen atoms in total. The van der Waals surface area contributed by atoms with Gasteiger partial charge in [-0.3, -0.25) is 4.79 Å². The van der Waals surface area contributed by atoms with E-state index in [4.69, 9.17) is 35.1 Å². The van der Waals surface area contributed by atoms with Crippen LogP contribution in [0.1, 0.15) is 11.1 Å². The highest BCUT2D eigenvalue weighted by Crippen LogP contribution is 2.45. The second-order valence-electron chi connectivity index (χ2n) is 6.97. The molecule has 0 aliphatic heterocycles. The zero-order chi connectivity index (χ0) is 26.1. The molecule has 36 heavy (non-hydrogen) atoms. The Morgan fingerprint density at radius 3 is 2.22 bits per heavy atom. The molecule has 0 amide bonds. The lowest BCUT2D eigenvalue weighted by atomic mass is 10.1. The Bertz CT molecular complexity index is 1480. The van der Waals surface area contributed by atoms with Crippen LogP contribution in [0.25, 0.3) is 10.8 Å². The van der Waals surface area contributed by atoms with Gasteiger partial charge in [0.05, 0.1) is 37.5 Å². The van der Waals surface area contributed by atoms with Crippen LogP contribution in [-0.2, 0) is 4.79 Å². The van der Waals surface area contributed by atoms with Gasteiger partial charge in [0.1, 0.15) is 5.82 Å². The Morgan fingerprint density at radius 1 is 0.944 bits per heavy atom. The number of fused-ring (bicyclic) bond motifs is 1. The van der Waals surface area contributed by atoms with E-state index < -0.39 is 0 Å². The summed E-state index contributed by atoms with van der Waals surface area (Å²) in [4.78, 5) is 16.9. The summed E-state index contributed by atoms with van der Waals surface area (Å²) in [5, 5.41) is 29.6. The third kappa shape index (κ3) is 5.68. The van der Waals surface area contributed by atoms with Crippen molar-refractivity contribution in [3.8, 4) is 35.3 Å². The fraction of sp³-hybridized carbons (Fsp3) is 0.0800. The molecular formula is C25H20N6O5. The predicted molar refractivity (Wildman–Crippen MR) is 131 cm³/mol. The number of nitrogen functional groups attached to an aromatic ring is 1. The number of rotatable bonds is 6. The Morgan fingerprint density at radius 2 is 1.61 bits per heavy atom. The molecule has 4 N–H and O–H groups in total. The van der Waals surface area contributed by atoms with Gasteiger partial charge in [-0.1, -0.05) is 0 Å². The molecule has 0 unspecified atom stereocenters. The van der Waals surface area contributed by atoms with Gasteiger partial charge in [-0.15, -0.1) is 0 Å². The Balaban J connectivity index is 0.00000115. The number of nitriles is 2. The Hall–Kier alpha value is -5.55. The molecule has 0 aliphatic carbocycles. The molecule has 0 atom stereocenters. The highest BCUT2D eigenvalue weighted by atomic mass is 16.5. The number of anilines is 3. The molecule has 1 aromatic heterocycles. The van der Waals surface area contributed by atoms with Crippen LogP contribution in [0.3, 0.4) is 0 Å². The van der Waals surface area contributed by atoms with Gasteiger partial charge in [0.2, 0.25) is 17.6 Å². The van der Waals surface area contributed by atoms with Crippen LogP contribution < -0.4 is 25.3 Å². The van der Waals surface area contributed by atoms with Crippen LogP contribution in [-0.4, -0.2) is 35.8 Å². The van der Waals surface area contributed by atoms with Crippen molar-refractivity contribution in [2.75, 3.05) is 25.3 Å². The molecule has 3 aromatic carbocycles. The number of nitrogens with one attached hydrogen (secondary N) is 1. The minimum Gasteiger partial charge on any atom is -0.493 e. The molecular weight excluding hydrogens is 464 g/mol. The molecule has 0 fully saturated rings. The summed E-state index contributed by atoms with van der Waals surface area (Å²) in [6, 6.07) is 19.5. The van der Waals surface area contributed by atoms with Crippen LogP contribution >= 0.6 is 0 Å². The van der Waals surface area contributed by atoms with E-state index in [1.54, 1.807) is 48.5 Å². The smallest absolute Gasteiger partial charge is 0.290 e. The number of hydrogen-bond donors (Lipinski definition) is 3. The number of aromatic nitrogens is 2. The molecule has 180 valence electrons. The average molecular weight is 484 g/mol. The van der Waals surface area contributed by atoms with Crippen molar-refractivity contribution in [2.24, 2.45) is 0 Å². The standard InChI is InChI=1S/C24H18N6O3.CH2O2/c1-31-19-10-16-9-15(13-26)5-8-18(16)22(32-2)23(19)33-21-11-20(27)29-24(30-21)28-17-6-3-14(12-25)4-7-17;2-1-3/h3-11H,1-2H3,(H3,27,28,29,30);1H,(H,2,3). The number of nitrogens with zero attached hydrogens (tertiary/aromatic N) is 4. The van der Waals surface area contributed by atoms with Crippen LogP contribution in [0.15, 0.2) is 54.6 Å². The molecule has 4 rings (SSSR count). The summed E-state index contributed by atoms with van der Waals surface area (Å²) in [6.45, 7) is -0.250. The van der Waals surface area contributed by atoms with E-state index in [1.165, 1.54) is 20.3 Å². The van der Waals surface area contributed by atoms with E-state index >= 15 is 0 Å². The number of nitrogens with two attached hydrogens (primary N) is 1. The van der Waals surface area contributed by atoms with Crippen LogP contribution in [0, 0.1) is 22.7 Å². The second kappa shape index (κ2) is 11.5. The van der Waals surface area contributed by atoms with E-state index in [-0.39, 0.29) is 24.1 Å². The van der Waals surface area contributed by atoms with E-state index in [0.29, 0.717) is 34.1 Å². The Labute approximate surface area is 205 Å². The molecule has 0 saturated heterocycles. The third-order valence-electron chi connectivity index (χ3n) is 4.77. The zero-order valence-electron chi connectivity index (χ0n) is 19.2. The van der Waals surface area contributed by atoms with Crippen molar-refractivity contribution in [3.63, 3.8) is 0 Å². The summed E-state index contributed by atoms with van der Waals surface area (Å²) >= 11 is 0. The quantitative estimate of drug-likeness (QED) is 0.334. The lowest BCUT2D eigenvalue weighted by Crippen LogP contribution is -2.03. The summed E-state index contributed by atoms with van der Waals surface area (Å²) in [5.41, 5.74) is 7.70. The van der Waals surface area contributed by atoms with Crippen LogP contribution in [0.4, 0.5) is 17.5 Å². The fourth-order valence-electron chi connectivity index (χ4n) is 3.26. The summed E-state index contributed by atoms with van der Waals surface area (Å²) in [5.74, 6) is 1.70. The van der Waals surface area contributed by atoms with Crippen molar-refractivity contribution >= 4 is 34.7 Å². The second-order valence-corrected chi connectivity index (χ2v) is 6.97. The molecule has 0 saturated carbocycles. The van der Waals surface area contributed by atoms with Gasteiger partial charge in [-0.2, -0.15) is 20.5 Å². The first-order chi connectivity index (χ1) is 17.5. The van der Waals surface area contributed by atoms with Gasteiger partial charge in [0.15, 0.2) is 11.5 Å². The van der Waals surface area contributed by atoms with Gasteiger partial charge in [-0.05, 0) is 53.9 Å². The SMILES string of the molecule is COc1cc2cc(C#N)ccc2c(OC)c1Oc1cc(N)nc(Nc2ccc(C#N)cc2)n1.O=CO. The number of carboxylic acid groups (broad SMARTS) is 1. The third-order valence-corrected chi connectivity index (χ3v) is 4.77. The number of carbonyl (C=O) groups is 1. The normalized spacial score (nSPS) is 9.67. The van der Waals surface area contributed by atoms with Gasteiger partial charge >= 0.3 is 0 Å². The Kier molecular flexibility index (Phi) is 8.04. The number of methoxy groups -OCH3 is 2. The first-order valence-corrected chi connectivity index (χ1v) is 10.2. The first-order valence-electron chi connectivity index (χ1n) is 10.2. The van der Waals surface area contributed by atoms with Crippen molar-refractivity contribution < 1.29 is 24.1 Å². The van der Waals surface area contributed by atoms with Gasteiger partial charge in [0, 0.05) is 17.1 Å². The maximum Gasteiger partial charge on any atom is 0.290 e. The summed E-state index contributed by atoms with van der Waals surface area (Å²) < 4.78 is 17.2. The van der Waals surface area contributed by atoms with Crippen molar-refractivity contribution in [1.29, 1.82) is 10.5 Å². The lowest BCUT2D eigenvalue weighted by molar-refractivity contribution is -0.122. The predicted octanol–water partition coefficient (Wildman–Crippen LogP) is 4.21. The minimum atomic E-state index is -0.250. The largest absolute Gasteiger partial charge is 0.493 e.